The number of aromatic amines is 1. The predicted octanol–water partition coefficient (Wildman–Crippen LogP) is 4.58. The van der Waals surface area contributed by atoms with Crippen LogP contribution < -0.4 is 0 Å². The molecule has 34 heavy (non-hydrogen) atoms. The maximum Gasteiger partial charge on any atom is 0.307 e. The van der Waals surface area contributed by atoms with Crippen molar-refractivity contribution < 1.29 is 18.0 Å². The molecule has 6 rings (SSSR count). The van der Waals surface area contributed by atoms with Crippen LogP contribution in [0.5, 0.6) is 0 Å². The van der Waals surface area contributed by atoms with Crippen LogP contribution in [0.2, 0.25) is 0 Å². The molecule has 0 saturated heterocycles. The number of aromatic nitrogens is 4. The van der Waals surface area contributed by atoms with Gasteiger partial charge in [-0.1, -0.05) is 24.3 Å². The van der Waals surface area contributed by atoms with E-state index in [0.717, 1.165) is 16.6 Å². The number of para-hydroxylation sites is 1. The Bertz CT molecular complexity index is 1470. The fourth-order valence-electron chi connectivity index (χ4n) is 4.48. The molecule has 1 saturated carbocycles. The Kier molecular flexibility index (Phi) is 4.49. The van der Waals surface area contributed by atoms with E-state index in [1.165, 1.54) is 4.90 Å². The topological polar surface area (TPSA) is 92.3 Å². The third kappa shape index (κ3) is 3.08. The van der Waals surface area contributed by atoms with Crippen LogP contribution in [0, 0.1) is 6.57 Å². The van der Waals surface area contributed by atoms with Crippen LogP contribution in [0.25, 0.3) is 15.7 Å². The van der Waals surface area contributed by atoms with E-state index in [4.69, 9.17) is 16.0 Å². The van der Waals surface area contributed by atoms with Crippen molar-refractivity contribution in [3.63, 3.8) is 0 Å². The summed E-state index contributed by atoms with van der Waals surface area (Å²) in [6, 6.07) is 10.6. The van der Waals surface area contributed by atoms with Crippen molar-refractivity contribution in [3.8, 4) is 0 Å². The third-order valence-corrected chi connectivity index (χ3v) is 6.48. The van der Waals surface area contributed by atoms with Crippen molar-refractivity contribution in [2.75, 3.05) is 6.54 Å². The summed E-state index contributed by atoms with van der Waals surface area (Å²) in [7, 11) is 0. The Labute approximate surface area is 192 Å². The summed E-state index contributed by atoms with van der Waals surface area (Å²) in [5, 5.41) is 0.941. The van der Waals surface area contributed by atoms with Gasteiger partial charge in [-0.3, -0.25) is 14.6 Å². The average Bonchev–Trinajstić information content (AvgIpc) is 3.28. The van der Waals surface area contributed by atoms with Crippen molar-refractivity contribution in [2.24, 2.45) is 0 Å². The van der Waals surface area contributed by atoms with E-state index >= 15 is 0 Å². The van der Waals surface area contributed by atoms with Gasteiger partial charge in [-0.2, -0.15) is 0 Å². The zero-order valence-corrected chi connectivity index (χ0v) is 17.8. The molecule has 4 heterocycles. The third-order valence-electron chi connectivity index (χ3n) is 6.48. The number of fused-ring (bicyclic) bond motifs is 2. The summed E-state index contributed by atoms with van der Waals surface area (Å²) in [5.74, 6) is -1.35. The molecule has 1 aliphatic heterocycles. The maximum atomic E-state index is 13.9. The molecule has 1 fully saturated rings. The molecule has 0 spiro atoms. The number of hydrogen-bond donors (Lipinski definition) is 1. The predicted molar refractivity (Wildman–Crippen MR) is 116 cm³/mol. The first-order chi connectivity index (χ1) is 16.5. The summed E-state index contributed by atoms with van der Waals surface area (Å²) in [5.41, 5.74) is 1.02. The number of carbonyl (C=O) groups excluding carboxylic acids is 1. The second-order valence-electron chi connectivity index (χ2n) is 8.52. The highest BCUT2D eigenvalue weighted by atomic mass is 19.3. The summed E-state index contributed by atoms with van der Waals surface area (Å²) >= 11 is 0. The number of rotatable bonds is 4. The lowest BCUT2D eigenvalue weighted by Crippen LogP contribution is -2.41. The Morgan fingerprint density at radius 1 is 1.24 bits per heavy atom. The summed E-state index contributed by atoms with van der Waals surface area (Å²) < 4.78 is 33.3. The largest absolute Gasteiger partial charge is 0.428 e. The molecule has 0 radical (unpaired) electrons. The van der Waals surface area contributed by atoms with Gasteiger partial charge in [0, 0.05) is 36.9 Å². The van der Waals surface area contributed by atoms with Crippen LogP contribution in [-0.4, -0.2) is 37.3 Å². The van der Waals surface area contributed by atoms with Gasteiger partial charge in [0.2, 0.25) is 5.76 Å². The summed E-state index contributed by atoms with van der Waals surface area (Å²) in [4.78, 5) is 34.8. The van der Waals surface area contributed by atoms with E-state index in [1.807, 2.05) is 36.4 Å². The van der Waals surface area contributed by atoms with Gasteiger partial charge in [0.15, 0.2) is 5.69 Å². The van der Waals surface area contributed by atoms with Gasteiger partial charge in [-0.25, -0.2) is 25.3 Å². The maximum absolute atomic E-state index is 13.9. The van der Waals surface area contributed by atoms with Crippen LogP contribution in [0.4, 0.5) is 8.78 Å². The molecule has 3 aromatic heterocycles. The number of benzene rings is 1. The van der Waals surface area contributed by atoms with Gasteiger partial charge in [0.1, 0.15) is 6.04 Å². The van der Waals surface area contributed by atoms with E-state index in [-0.39, 0.29) is 12.4 Å². The number of hydrogen-bond acceptors (Lipinski definition) is 5. The average molecular weight is 460 g/mol. The van der Waals surface area contributed by atoms with E-state index in [1.54, 1.807) is 6.33 Å². The molecular weight excluding hydrogens is 442 g/mol. The molecule has 1 N–H and O–H groups in total. The molecule has 1 amide bonds. The quantitative estimate of drug-likeness (QED) is 0.450. The molecule has 170 valence electrons. The molecule has 8 nitrogen and oxygen atoms in total. The highest BCUT2D eigenvalue weighted by molar-refractivity contribution is 5.93. The minimum absolute atomic E-state index is 0.112. The van der Waals surface area contributed by atoms with Gasteiger partial charge in [0.25, 0.3) is 18.2 Å². The molecule has 1 atom stereocenters. The fraction of sp³-hybridized carbons (Fsp3) is 0.292. The van der Waals surface area contributed by atoms with Crippen molar-refractivity contribution in [2.45, 2.75) is 37.3 Å². The number of oxazole rings is 1. The van der Waals surface area contributed by atoms with Crippen LogP contribution in [0.3, 0.4) is 0 Å². The first kappa shape index (κ1) is 20.5. The second-order valence-corrected chi connectivity index (χ2v) is 8.52. The number of amides is 1. The second kappa shape index (κ2) is 7.45. The Morgan fingerprint density at radius 3 is 2.82 bits per heavy atom. The van der Waals surface area contributed by atoms with Crippen molar-refractivity contribution in [1.82, 2.24) is 24.8 Å². The SMILES string of the molecule is [C-]#[N+]C1(c2nc(C(F)F)c(C(=O)N3CCc4[nH]cnc4[C@H]3c3ccc4ccccc4n3)o2)CC1. The lowest BCUT2D eigenvalue weighted by atomic mass is 9.98. The van der Waals surface area contributed by atoms with Crippen molar-refractivity contribution >= 4 is 16.8 Å². The molecule has 1 aromatic carbocycles. The number of nitrogens with zero attached hydrogens (tertiary/aromatic N) is 5. The number of carbonyl (C=O) groups is 1. The zero-order chi connectivity index (χ0) is 23.4. The molecular formula is C24H18F2N6O2. The standard InChI is InChI=1S/C24H18F2N6O2/c1-27-24(9-10-24)23-31-18(21(25)26)20(34-23)22(33)32-11-8-15-17(29-12-28-15)19(32)16-7-6-13-4-2-3-5-14(13)30-16/h2-7,12,19,21H,8-11H2,(H,28,29)/t19-/m1/s1. The van der Waals surface area contributed by atoms with Crippen molar-refractivity contribution in [3.05, 3.63) is 88.6 Å². The van der Waals surface area contributed by atoms with E-state index in [9.17, 15) is 13.6 Å². The van der Waals surface area contributed by atoms with Crippen LogP contribution in [0.15, 0.2) is 47.1 Å². The number of alkyl halides is 2. The fourth-order valence-corrected chi connectivity index (χ4v) is 4.48. The first-order valence-electron chi connectivity index (χ1n) is 10.9. The van der Waals surface area contributed by atoms with Crippen LogP contribution in [-0.2, 0) is 12.0 Å². The van der Waals surface area contributed by atoms with Crippen LogP contribution >= 0.6 is 0 Å². The lowest BCUT2D eigenvalue weighted by molar-refractivity contribution is 0.0637. The molecule has 0 bridgehead atoms. The first-order valence-corrected chi connectivity index (χ1v) is 10.9. The van der Waals surface area contributed by atoms with Gasteiger partial charge < -0.3 is 14.3 Å². The smallest absolute Gasteiger partial charge is 0.307 e. The minimum Gasteiger partial charge on any atom is -0.428 e. The zero-order valence-electron chi connectivity index (χ0n) is 17.8. The number of pyridine rings is 1. The number of halogens is 2. The highest BCUT2D eigenvalue weighted by Crippen LogP contribution is 2.50. The molecule has 0 unspecified atom stereocenters. The number of nitrogens with one attached hydrogen (secondary N) is 1. The molecule has 1 aliphatic carbocycles. The lowest BCUT2D eigenvalue weighted by Gasteiger charge is -2.34. The van der Waals surface area contributed by atoms with Gasteiger partial charge >= 0.3 is 5.54 Å². The van der Waals surface area contributed by atoms with Crippen LogP contribution in [0.1, 0.15) is 64.5 Å². The van der Waals surface area contributed by atoms with Crippen molar-refractivity contribution in [1.29, 1.82) is 0 Å². The number of imidazole rings is 1. The van der Waals surface area contributed by atoms with Gasteiger partial charge in [-0.05, 0) is 12.1 Å². The monoisotopic (exact) mass is 460 g/mol. The molecule has 4 aromatic rings. The highest BCUT2D eigenvalue weighted by Gasteiger charge is 2.58. The van der Waals surface area contributed by atoms with E-state index in [2.05, 4.69) is 19.8 Å². The Hall–Kier alpha value is -4.13. The molecule has 10 heteroatoms. The minimum atomic E-state index is -3.01. The Morgan fingerprint density at radius 2 is 2.06 bits per heavy atom. The summed E-state index contributed by atoms with van der Waals surface area (Å²) in [6.45, 7) is 7.64. The molecule has 2 aliphatic rings. The Balaban J connectivity index is 1.46. The summed E-state index contributed by atoms with van der Waals surface area (Å²) in [6.07, 6.45) is -0.0475. The number of H-pyrrole nitrogens is 1. The van der Waals surface area contributed by atoms with E-state index in [0.29, 0.717) is 30.7 Å². The van der Waals surface area contributed by atoms with Gasteiger partial charge in [-0.15, -0.1) is 0 Å². The van der Waals surface area contributed by atoms with E-state index < -0.39 is 35.4 Å². The normalized spacial score (nSPS) is 18.6. The van der Waals surface area contributed by atoms with Gasteiger partial charge in [0.05, 0.1) is 23.2 Å².